The smallest absolute Gasteiger partial charge is 0.316 e. The number of carbonyl (C=O) groups excluding carboxylic acids is 1. The van der Waals surface area contributed by atoms with E-state index in [0.29, 0.717) is 24.5 Å². The molecule has 18 heavy (non-hydrogen) atoms. The van der Waals surface area contributed by atoms with Crippen molar-refractivity contribution < 1.29 is 9.53 Å². The molecule has 6 nitrogen and oxygen atoms in total. The number of hydrogen-bond acceptors (Lipinski definition) is 5. The fourth-order valence-corrected chi connectivity index (χ4v) is 1.89. The molecule has 0 bridgehead atoms. The van der Waals surface area contributed by atoms with Crippen LogP contribution in [0.2, 0.25) is 0 Å². The van der Waals surface area contributed by atoms with Crippen LogP contribution in [-0.4, -0.2) is 32.2 Å². The molecule has 0 aromatic carbocycles. The van der Waals surface area contributed by atoms with Crippen LogP contribution in [0.3, 0.4) is 0 Å². The molecule has 0 aliphatic carbocycles. The Bertz CT molecular complexity index is 538. The maximum atomic E-state index is 12.0. The molecule has 0 amide bonds. The topological polar surface area (TPSA) is 69.4 Å². The van der Waals surface area contributed by atoms with Crippen LogP contribution in [0.4, 0.5) is 0 Å². The predicted octanol–water partition coefficient (Wildman–Crippen LogP) is 1.57. The maximum Gasteiger partial charge on any atom is 0.316 e. The zero-order chi connectivity index (χ0) is 13.0. The minimum atomic E-state index is -0.368. The quantitative estimate of drug-likeness (QED) is 0.751. The summed E-state index contributed by atoms with van der Waals surface area (Å²) in [6.07, 6.45) is 6.59. The van der Waals surface area contributed by atoms with E-state index in [0.717, 1.165) is 6.42 Å². The van der Waals surface area contributed by atoms with Crippen molar-refractivity contribution in [1.29, 1.82) is 0 Å². The van der Waals surface area contributed by atoms with Gasteiger partial charge in [0.15, 0.2) is 11.5 Å². The Labute approximate surface area is 105 Å². The highest BCUT2D eigenvalue weighted by molar-refractivity contribution is 5.77. The Hall–Kier alpha value is -1.98. The second kappa shape index (κ2) is 5.57. The molecule has 1 atom stereocenters. The fraction of sp³-hybridized carbons (Fsp3) is 0.500. The summed E-state index contributed by atoms with van der Waals surface area (Å²) in [5.74, 6) is 0.00510. The van der Waals surface area contributed by atoms with E-state index in [1.807, 2.05) is 6.92 Å². The van der Waals surface area contributed by atoms with E-state index in [2.05, 4.69) is 15.2 Å². The summed E-state index contributed by atoms with van der Waals surface area (Å²) in [5, 5.41) is 8.10. The largest absolute Gasteiger partial charge is 0.465 e. The minimum absolute atomic E-state index is 0.245. The summed E-state index contributed by atoms with van der Waals surface area (Å²) in [6.45, 7) is 4.20. The average molecular weight is 248 g/mol. The van der Waals surface area contributed by atoms with Crippen LogP contribution in [0.1, 0.15) is 38.4 Å². The van der Waals surface area contributed by atoms with Gasteiger partial charge in [0.25, 0.3) is 0 Å². The van der Waals surface area contributed by atoms with E-state index in [4.69, 9.17) is 4.74 Å². The molecule has 1 unspecified atom stereocenters. The lowest BCUT2D eigenvalue weighted by atomic mass is 10.0. The highest BCUT2D eigenvalue weighted by Crippen LogP contribution is 2.21. The second-order valence-electron chi connectivity index (χ2n) is 3.96. The van der Waals surface area contributed by atoms with Crippen molar-refractivity contribution >= 4 is 11.6 Å². The number of rotatable bonds is 5. The van der Waals surface area contributed by atoms with Gasteiger partial charge in [0.2, 0.25) is 0 Å². The molecule has 0 aliphatic rings. The highest BCUT2D eigenvalue weighted by Gasteiger charge is 2.26. The maximum absolute atomic E-state index is 12.0. The van der Waals surface area contributed by atoms with Crippen molar-refractivity contribution in [2.24, 2.45) is 0 Å². The zero-order valence-electron chi connectivity index (χ0n) is 10.5. The second-order valence-corrected chi connectivity index (χ2v) is 3.96. The lowest BCUT2D eigenvalue weighted by Crippen LogP contribution is -2.18. The van der Waals surface area contributed by atoms with E-state index in [1.54, 1.807) is 29.9 Å². The third-order valence-electron chi connectivity index (χ3n) is 2.70. The van der Waals surface area contributed by atoms with Crippen molar-refractivity contribution in [2.45, 2.75) is 32.6 Å². The molecule has 0 fully saturated rings. The minimum Gasteiger partial charge on any atom is -0.465 e. The summed E-state index contributed by atoms with van der Waals surface area (Å²) in [7, 11) is 0. The number of fused-ring (bicyclic) bond motifs is 1. The van der Waals surface area contributed by atoms with Gasteiger partial charge in [0.1, 0.15) is 5.92 Å². The third-order valence-corrected chi connectivity index (χ3v) is 2.70. The van der Waals surface area contributed by atoms with Gasteiger partial charge in [-0.3, -0.25) is 14.2 Å². The van der Waals surface area contributed by atoms with Gasteiger partial charge < -0.3 is 4.74 Å². The standard InChI is InChI=1S/C12H16N4O2/c1-3-5-9(12(17)18-4-2)11-15-14-10-8-13-6-7-16(10)11/h6-9H,3-5H2,1-2H3. The van der Waals surface area contributed by atoms with Crippen LogP contribution in [0, 0.1) is 0 Å². The summed E-state index contributed by atoms with van der Waals surface area (Å²) < 4.78 is 6.88. The van der Waals surface area contributed by atoms with Gasteiger partial charge in [-0.25, -0.2) is 0 Å². The Morgan fingerprint density at radius 2 is 2.28 bits per heavy atom. The number of carbonyl (C=O) groups is 1. The van der Waals surface area contributed by atoms with Crippen molar-refractivity contribution in [3.05, 3.63) is 24.4 Å². The van der Waals surface area contributed by atoms with Crippen molar-refractivity contribution in [1.82, 2.24) is 19.6 Å². The summed E-state index contributed by atoms with van der Waals surface area (Å²) in [6, 6.07) is 0. The Kier molecular flexibility index (Phi) is 3.86. The lowest BCUT2D eigenvalue weighted by Gasteiger charge is -2.12. The molecule has 0 spiro atoms. The van der Waals surface area contributed by atoms with E-state index >= 15 is 0 Å². The van der Waals surface area contributed by atoms with Gasteiger partial charge in [-0.15, -0.1) is 10.2 Å². The normalized spacial score (nSPS) is 12.6. The monoisotopic (exact) mass is 248 g/mol. The summed E-state index contributed by atoms with van der Waals surface area (Å²) in [5.41, 5.74) is 0.637. The van der Waals surface area contributed by atoms with Gasteiger partial charge in [-0.1, -0.05) is 13.3 Å². The molecule has 0 aliphatic heterocycles. The van der Waals surface area contributed by atoms with Crippen molar-refractivity contribution in [3.8, 4) is 0 Å². The van der Waals surface area contributed by atoms with E-state index in [1.165, 1.54) is 0 Å². The summed E-state index contributed by atoms with van der Waals surface area (Å²) >= 11 is 0. The molecule has 6 heteroatoms. The molecule has 0 saturated heterocycles. The fourth-order valence-electron chi connectivity index (χ4n) is 1.89. The van der Waals surface area contributed by atoms with Crippen LogP contribution in [0.25, 0.3) is 5.65 Å². The Morgan fingerprint density at radius 1 is 1.44 bits per heavy atom. The molecule has 0 N–H and O–H groups in total. The predicted molar refractivity (Wildman–Crippen MR) is 65.1 cm³/mol. The van der Waals surface area contributed by atoms with Crippen LogP contribution >= 0.6 is 0 Å². The first-order valence-corrected chi connectivity index (χ1v) is 6.09. The molecule has 2 heterocycles. The molecule has 2 aromatic rings. The average Bonchev–Trinajstić information content (AvgIpc) is 2.80. The molecular weight excluding hydrogens is 232 g/mol. The Balaban J connectivity index is 2.38. The summed E-state index contributed by atoms with van der Waals surface area (Å²) in [4.78, 5) is 15.9. The van der Waals surface area contributed by atoms with Gasteiger partial charge >= 0.3 is 5.97 Å². The number of esters is 1. The Morgan fingerprint density at radius 3 is 3.00 bits per heavy atom. The highest BCUT2D eigenvalue weighted by atomic mass is 16.5. The van der Waals surface area contributed by atoms with Crippen LogP contribution in [0.15, 0.2) is 18.6 Å². The molecule has 2 rings (SSSR count). The van der Waals surface area contributed by atoms with Gasteiger partial charge in [0.05, 0.1) is 12.8 Å². The first-order chi connectivity index (χ1) is 8.77. The molecule has 0 radical (unpaired) electrons. The first kappa shape index (κ1) is 12.5. The van der Waals surface area contributed by atoms with Crippen LogP contribution in [-0.2, 0) is 9.53 Å². The van der Waals surface area contributed by atoms with Crippen molar-refractivity contribution in [3.63, 3.8) is 0 Å². The van der Waals surface area contributed by atoms with Gasteiger partial charge in [-0.05, 0) is 13.3 Å². The molecular formula is C12H16N4O2. The van der Waals surface area contributed by atoms with E-state index in [9.17, 15) is 4.79 Å². The molecule has 96 valence electrons. The van der Waals surface area contributed by atoms with Gasteiger partial charge in [0, 0.05) is 12.4 Å². The number of ether oxygens (including phenoxy) is 1. The zero-order valence-corrected chi connectivity index (χ0v) is 10.5. The third kappa shape index (κ3) is 2.32. The van der Waals surface area contributed by atoms with Crippen molar-refractivity contribution in [2.75, 3.05) is 6.61 Å². The number of aromatic nitrogens is 4. The molecule has 0 saturated carbocycles. The number of nitrogens with zero attached hydrogens (tertiary/aromatic N) is 4. The van der Waals surface area contributed by atoms with E-state index < -0.39 is 0 Å². The molecule has 2 aromatic heterocycles. The van der Waals surface area contributed by atoms with E-state index in [-0.39, 0.29) is 11.9 Å². The number of hydrogen-bond donors (Lipinski definition) is 0. The lowest BCUT2D eigenvalue weighted by molar-refractivity contribution is -0.145. The van der Waals surface area contributed by atoms with Crippen LogP contribution in [0.5, 0.6) is 0 Å². The van der Waals surface area contributed by atoms with Gasteiger partial charge in [-0.2, -0.15) is 0 Å². The first-order valence-electron chi connectivity index (χ1n) is 6.09. The SMILES string of the molecule is CCCC(C(=O)OCC)c1nnc2cnccn12. The van der Waals surface area contributed by atoms with Crippen LogP contribution < -0.4 is 0 Å².